The number of benzene rings is 4. The minimum absolute atomic E-state index is 0.400. The quantitative estimate of drug-likeness (QED) is 0.233. The molecule has 7 rings (SSSR count). The predicted molar refractivity (Wildman–Crippen MR) is 176 cm³/mol. The number of hydrogen-bond acceptors (Lipinski definition) is 2. The molecule has 2 heteroatoms. The number of rotatable bonds is 6. The SMILES string of the molecule is CCCC1CCC(CC2CCC(CC3COc4ccc5ccccc5c4-c4c(ccc5ccccc45)OC3)CC2)CC1. The Morgan fingerprint density at radius 2 is 0.929 bits per heavy atom. The maximum absolute atomic E-state index is 6.74. The molecule has 0 unspecified atom stereocenters. The lowest BCUT2D eigenvalue weighted by molar-refractivity contribution is 0.131. The lowest BCUT2D eigenvalue weighted by Gasteiger charge is -2.35. The molecule has 0 aromatic heterocycles. The van der Waals surface area contributed by atoms with E-state index in [9.17, 15) is 0 Å². The van der Waals surface area contributed by atoms with Crippen molar-refractivity contribution in [2.24, 2.45) is 29.6 Å². The molecular formula is C40H48O2. The van der Waals surface area contributed by atoms with Gasteiger partial charge in [0.25, 0.3) is 0 Å². The summed E-state index contributed by atoms with van der Waals surface area (Å²) in [4.78, 5) is 0. The summed E-state index contributed by atoms with van der Waals surface area (Å²) in [6.07, 6.45) is 17.1. The average Bonchev–Trinajstić information content (AvgIpc) is 3.11. The second-order valence-corrected chi connectivity index (χ2v) is 13.8. The molecule has 2 aliphatic carbocycles. The van der Waals surface area contributed by atoms with Gasteiger partial charge in [0.1, 0.15) is 11.5 Å². The van der Waals surface area contributed by atoms with E-state index in [1.165, 1.54) is 110 Å². The summed E-state index contributed by atoms with van der Waals surface area (Å²) in [6.45, 7) is 3.79. The van der Waals surface area contributed by atoms with Gasteiger partial charge in [0.2, 0.25) is 0 Å². The molecule has 1 heterocycles. The molecule has 3 aliphatic rings. The predicted octanol–water partition coefficient (Wildman–Crippen LogP) is 11.2. The van der Waals surface area contributed by atoms with E-state index >= 15 is 0 Å². The lowest BCUT2D eigenvalue weighted by Crippen LogP contribution is -2.26. The Hall–Kier alpha value is -3.00. The first kappa shape index (κ1) is 27.8. The Morgan fingerprint density at radius 3 is 1.40 bits per heavy atom. The van der Waals surface area contributed by atoms with Gasteiger partial charge in [-0.1, -0.05) is 132 Å². The van der Waals surface area contributed by atoms with Gasteiger partial charge in [-0.2, -0.15) is 0 Å². The second-order valence-electron chi connectivity index (χ2n) is 13.8. The third-order valence-electron chi connectivity index (χ3n) is 10.9. The Balaban J connectivity index is 1.06. The Morgan fingerprint density at radius 1 is 0.500 bits per heavy atom. The first-order valence-electron chi connectivity index (χ1n) is 17.0. The van der Waals surface area contributed by atoms with Crippen LogP contribution >= 0.6 is 0 Å². The van der Waals surface area contributed by atoms with Crippen molar-refractivity contribution >= 4 is 21.5 Å². The molecule has 1 aliphatic heterocycles. The van der Waals surface area contributed by atoms with Gasteiger partial charge in [-0.05, 0) is 70.2 Å². The standard InChI is InChI=1S/C40H48O2/c1-2-7-28-12-14-29(15-13-28)24-30-16-18-31(19-17-30)25-32-26-41-37-22-20-33-8-3-5-10-35(33)39(37)40-36-11-6-4-9-34(36)21-23-38(40)42-27-32/h3-6,8-11,20-23,28-32H,2,7,12-19,24-27H2,1H3. The van der Waals surface area contributed by atoms with E-state index in [-0.39, 0.29) is 0 Å². The fourth-order valence-electron chi connectivity index (χ4n) is 8.67. The second kappa shape index (κ2) is 12.7. The maximum atomic E-state index is 6.74. The maximum Gasteiger partial charge on any atom is 0.127 e. The van der Waals surface area contributed by atoms with Crippen LogP contribution in [0.3, 0.4) is 0 Å². The molecule has 0 spiro atoms. The van der Waals surface area contributed by atoms with Crippen molar-refractivity contribution in [3.63, 3.8) is 0 Å². The fourth-order valence-corrected chi connectivity index (χ4v) is 8.67. The van der Waals surface area contributed by atoms with E-state index in [4.69, 9.17) is 9.47 Å². The molecule has 2 fully saturated rings. The van der Waals surface area contributed by atoms with Crippen LogP contribution in [0.2, 0.25) is 0 Å². The van der Waals surface area contributed by atoms with E-state index in [0.29, 0.717) is 5.92 Å². The zero-order chi connectivity index (χ0) is 28.3. The molecule has 0 saturated heterocycles. The summed E-state index contributed by atoms with van der Waals surface area (Å²) in [7, 11) is 0. The Kier molecular flexibility index (Phi) is 8.41. The van der Waals surface area contributed by atoms with E-state index in [2.05, 4.69) is 79.7 Å². The largest absolute Gasteiger partial charge is 0.492 e. The smallest absolute Gasteiger partial charge is 0.127 e. The van der Waals surface area contributed by atoms with Gasteiger partial charge in [0, 0.05) is 17.0 Å². The molecule has 0 amide bonds. The molecule has 0 radical (unpaired) electrons. The van der Waals surface area contributed by atoms with Gasteiger partial charge in [-0.3, -0.25) is 0 Å². The molecule has 220 valence electrons. The molecule has 2 saturated carbocycles. The Bertz CT molecular complexity index is 1400. The normalized spacial score (nSPS) is 25.0. The molecule has 42 heavy (non-hydrogen) atoms. The van der Waals surface area contributed by atoms with Crippen LogP contribution in [0.15, 0.2) is 72.8 Å². The average molecular weight is 561 g/mol. The highest BCUT2D eigenvalue weighted by Gasteiger charge is 2.29. The number of hydrogen-bond donors (Lipinski definition) is 0. The summed E-state index contributed by atoms with van der Waals surface area (Å²) in [6, 6.07) is 26.2. The van der Waals surface area contributed by atoms with Gasteiger partial charge in [-0.25, -0.2) is 0 Å². The minimum Gasteiger partial charge on any atom is -0.492 e. The topological polar surface area (TPSA) is 18.5 Å². The molecule has 4 aromatic carbocycles. The molecular weight excluding hydrogens is 512 g/mol. The van der Waals surface area contributed by atoms with Gasteiger partial charge >= 0.3 is 0 Å². The van der Waals surface area contributed by atoms with Crippen molar-refractivity contribution in [1.29, 1.82) is 0 Å². The third-order valence-corrected chi connectivity index (χ3v) is 10.9. The van der Waals surface area contributed by atoms with E-state index < -0.39 is 0 Å². The van der Waals surface area contributed by atoms with Crippen LogP contribution in [0.4, 0.5) is 0 Å². The zero-order valence-electron chi connectivity index (χ0n) is 25.5. The summed E-state index contributed by atoms with van der Waals surface area (Å²) < 4.78 is 13.5. The zero-order valence-corrected chi connectivity index (χ0v) is 25.5. The van der Waals surface area contributed by atoms with E-state index in [1.54, 1.807) is 0 Å². The van der Waals surface area contributed by atoms with Crippen LogP contribution < -0.4 is 9.47 Å². The van der Waals surface area contributed by atoms with Crippen molar-refractivity contribution in [2.45, 2.75) is 84.0 Å². The molecule has 0 atom stereocenters. The van der Waals surface area contributed by atoms with Crippen molar-refractivity contribution in [1.82, 2.24) is 0 Å². The van der Waals surface area contributed by atoms with Crippen molar-refractivity contribution in [3.8, 4) is 22.6 Å². The van der Waals surface area contributed by atoms with Crippen LogP contribution in [0.1, 0.15) is 84.0 Å². The van der Waals surface area contributed by atoms with Crippen molar-refractivity contribution < 1.29 is 9.47 Å². The molecule has 4 aromatic rings. The summed E-state index contributed by atoms with van der Waals surface area (Å²) in [5, 5.41) is 4.93. The van der Waals surface area contributed by atoms with Crippen LogP contribution in [0.5, 0.6) is 11.5 Å². The summed E-state index contributed by atoms with van der Waals surface area (Å²) in [5.41, 5.74) is 2.34. The number of ether oxygens (including phenoxy) is 2. The van der Waals surface area contributed by atoms with E-state index in [1.807, 2.05) is 0 Å². The van der Waals surface area contributed by atoms with Crippen LogP contribution in [-0.4, -0.2) is 13.2 Å². The third kappa shape index (κ3) is 5.92. The van der Waals surface area contributed by atoms with Crippen LogP contribution in [0.25, 0.3) is 32.7 Å². The Labute approximate surface area is 252 Å². The highest BCUT2D eigenvalue weighted by Crippen LogP contribution is 2.47. The van der Waals surface area contributed by atoms with Crippen LogP contribution in [-0.2, 0) is 0 Å². The van der Waals surface area contributed by atoms with Gasteiger partial charge in [-0.15, -0.1) is 0 Å². The van der Waals surface area contributed by atoms with E-state index in [0.717, 1.165) is 48.4 Å². The van der Waals surface area contributed by atoms with Crippen molar-refractivity contribution in [3.05, 3.63) is 72.8 Å². The van der Waals surface area contributed by atoms with Gasteiger partial charge in [0.15, 0.2) is 0 Å². The van der Waals surface area contributed by atoms with Crippen molar-refractivity contribution in [2.75, 3.05) is 13.2 Å². The molecule has 0 N–H and O–H groups in total. The summed E-state index contributed by atoms with van der Waals surface area (Å²) in [5.74, 6) is 6.16. The first-order chi connectivity index (χ1) is 20.7. The minimum atomic E-state index is 0.400. The van der Waals surface area contributed by atoms with Gasteiger partial charge in [0.05, 0.1) is 13.2 Å². The summed E-state index contributed by atoms with van der Waals surface area (Å²) >= 11 is 0. The highest BCUT2D eigenvalue weighted by atomic mass is 16.5. The molecule has 2 nitrogen and oxygen atoms in total. The first-order valence-corrected chi connectivity index (χ1v) is 17.0. The molecule has 0 bridgehead atoms. The number of fused-ring (bicyclic) bond motifs is 7. The monoisotopic (exact) mass is 560 g/mol. The van der Waals surface area contributed by atoms with Gasteiger partial charge < -0.3 is 9.47 Å². The fraction of sp³-hybridized carbons (Fsp3) is 0.500. The van der Waals surface area contributed by atoms with Crippen LogP contribution in [0, 0.1) is 29.6 Å². The lowest BCUT2D eigenvalue weighted by atomic mass is 9.71. The highest BCUT2D eigenvalue weighted by molar-refractivity contribution is 6.09.